The molecule has 30 heavy (non-hydrogen) atoms. The van der Waals surface area contributed by atoms with E-state index in [0.717, 1.165) is 22.3 Å². The predicted octanol–water partition coefficient (Wildman–Crippen LogP) is 4.76. The van der Waals surface area contributed by atoms with E-state index in [1.54, 1.807) is 0 Å². The van der Waals surface area contributed by atoms with E-state index in [0.29, 0.717) is 25.9 Å². The highest BCUT2D eigenvalue weighted by atomic mass is 35.5. The number of nitrogens with zero attached hydrogens (tertiary/aromatic N) is 2. The minimum atomic E-state index is -3.21. The molecule has 0 atom stereocenters. The summed E-state index contributed by atoms with van der Waals surface area (Å²) in [5.74, 6) is -0.444. The van der Waals surface area contributed by atoms with Crippen LogP contribution in [0.1, 0.15) is 27.8 Å². The molecule has 0 saturated heterocycles. The summed E-state index contributed by atoms with van der Waals surface area (Å²) in [6, 6.07) is 13.3. The first-order valence-corrected chi connectivity index (χ1v) is 11.9. The van der Waals surface area contributed by atoms with Crippen LogP contribution in [0.3, 0.4) is 0 Å². The molecule has 4 rings (SSSR count). The van der Waals surface area contributed by atoms with Crippen LogP contribution in [-0.4, -0.2) is 30.5 Å². The van der Waals surface area contributed by atoms with Gasteiger partial charge in [0.1, 0.15) is 5.69 Å². The average Bonchev–Trinajstić information content (AvgIpc) is 2.69. The molecule has 1 aliphatic heterocycles. The van der Waals surface area contributed by atoms with E-state index in [9.17, 15) is 12.8 Å². The van der Waals surface area contributed by atoms with Crippen LogP contribution < -0.4 is 0 Å². The normalized spacial score (nSPS) is 14.5. The van der Waals surface area contributed by atoms with Crippen molar-refractivity contribution in [3.05, 3.63) is 87.3 Å². The number of hydrogen-bond acceptors (Lipinski definition) is 3. The van der Waals surface area contributed by atoms with E-state index in [1.165, 1.54) is 34.0 Å². The molecule has 3 aromatic rings. The summed E-state index contributed by atoms with van der Waals surface area (Å²) in [7, 11) is -3.21. The van der Waals surface area contributed by atoms with E-state index in [2.05, 4.69) is 11.1 Å². The first kappa shape index (κ1) is 21.0. The van der Waals surface area contributed by atoms with Gasteiger partial charge in [-0.2, -0.15) is 4.31 Å². The van der Waals surface area contributed by atoms with Crippen molar-refractivity contribution in [2.24, 2.45) is 0 Å². The lowest BCUT2D eigenvalue weighted by atomic mass is 9.90. The third kappa shape index (κ3) is 4.26. The monoisotopic (exact) mass is 444 g/mol. The first-order valence-electron chi connectivity index (χ1n) is 9.68. The second-order valence-corrected chi connectivity index (χ2v) is 10.1. The highest BCUT2D eigenvalue weighted by Gasteiger charge is 2.24. The Morgan fingerprint density at radius 3 is 2.73 bits per heavy atom. The van der Waals surface area contributed by atoms with E-state index >= 15 is 0 Å². The third-order valence-corrected chi connectivity index (χ3v) is 7.01. The standard InChI is InChI=1S/C23H22ClFN2O2S/c1-15-6-7-16(11-21(15)23-22(25)12-19(24)13-26-23)10-17-4-3-5-18-14-27(30(2,28)29)9-8-20(17)18/h3-7,11-13H,8-10,14H2,1-2H3. The maximum absolute atomic E-state index is 14.4. The van der Waals surface area contributed by atoms with Crippen LogP contribution in [0.5, 0.6) is 0 Å². The Morgan fingerprint density at radius 1 is 1.20 bits per heavy atom. The van der Waals surface area contributed by atoms with Gasteiger partial charge in [-0.3, -0.25) is 4.98 Å². The zero-order valence-corrected chi connectivity index (χ0v) is 18.4. The number of rotatable bonds is 4. The van der Waals surface area contributed by atoms with Crippen LogP contribution in [0.25, 0.3) is 11.3 Å². The molecule has 0 N–H and O–H groups in total. The largest absolute Gasteiger partial charge is 0.252 e. The topological polar surface area (TPSA) is 50.3 Å². The van der Waals surface area contributed by atoms with Crippen molar-refractivity contribution in [2.45, 2.75) is 26.3 Å². The molecule has 4 nitrogen and oxygen atoms in total. The summed E-state index contributed by atoms with van der Waals surface area (Å²) < 4.78 is 39.8. The Kier molecular flexibility index (Phi) is 5.66. The fourth-order valence-corrected chi connectivity index (χ4v) is 4.92. The molecule has 2 heterocycles. The van der Waals surface area contributed by atoms with Crippen molar-refractivity contribution in [3.8, 4) is 11.3 Å². The zero-order chi connectivity index (χ0) is 21.5. The molecule has 1 aromatic heterocycles. The Labute approximate surface area is 181 Å². The van der Waals surface area contributed by atoms with Gasteiger partial charge in [0.05, 0.1) is 11.3 Å². The zero-order valence-electron chi connectivity index (χ0n) is 16.8. The molecule has 7 heteroatoms. The average molecular weight is 445 g/mol. The smallest absolute Gasteiger partial charge is 0.211 e. The molecule has 0 saturated carbocycles. The summed E-state index contributed by atoms with van der Waals surface area (Å²) in [6.45, 7) is 2.82. The Morgan fingerprint density at radius 2 is 2.00 bits per heavy atom. The number of benzene rings is 2. The first-order chi connectivity index (χ1) is 14.2. The fourth-order valence-electron chi connectivity index (χ4n) is 3.98. The lowest BCUT2D eigenvalue weighted by molar-refractivity contribution is 0.394. The Hall–Kier alpha value is -2.28. The molecule has 2 aromatic carbocycles. The predicted molar refractivity (Wildman–Crippen MR) is 118 cm³/mol. The van der Waals surface area contributed by atoms with Gasteiger partial charge in [-0.05, 0) is 59.7 Å². The van der Waals surface area contributed by atoms with Crippen molar-refractivity contribution in [1.82, 2.24) is 9.29 Å². The van der Waals surface area contributed by atoms with Gasteiger partial charge >= 0.3 is 0 Å². The third-order valence-electron chi connectivity index (χ3n) is 5.56. The molecule has 156 valence electrons. The van der Waals surface area contributed by atoms with Crippen LogP contribution in [0.4, 0.5) is 4.39 Å². The molecule has 1 aliphatic rings. The van der Waals surface area contributed by atoms with E-state index in [-0.39, 0.29) is 10.7 Å². The number of fused-ring (bicyclic) bond motifs is 1. The Bertz CT molecular complexity index is 1230. The maximum Gasteiger partial charge on any atom is 0.211 e. The molecular formula is C23H22ClFN2O2S. The number of halogens is 2. The van der Waals surface area contributed by atoms with Gasteiger partial charge in [-0.15, -0.1) is 0 Å². The van der Waals surface area contributed by atoms with Crippen LogP contribution in [0, 0.1) is 12.7 Å². The molecule has 0 unspecified atom stereocenters. The summed E-state index contributed by atoms with van der Waals surface area (Å²) in [5, 5.41) is 0.268. The van der Waals surface area contributed by atoms with E-state index in [1.807, 2.05) is 37.3 Å². The van der Waals surface area contributed by atoms with E-state index < -0.39 is 15.8 Å². The minimum Gasteiger partial charge on any atom is -0.252 e. The lowest BCUT2D eigenvalue weighted by Crippen LogP contribution is -2.35. The van der Waals surface area contributed by atoms with Gasteiger partial charge in [0, 0.05) is 24.8 Å². The van der Waals surface area contributed by atoms with Gasteiger partial charge in [-0.1, -0.05) is 41.9 Å². The summed E-state index contributed by atoms with van der Waals surface area (Å²) >= 11 is 5.85. The lowest BCUT2D eigenvalue weighted by Gasteiger charge is -2.28. The number of hydrogen-bond donors (Lipinski definition) is 0. The fraction of sp³-hybridized carbons (Fsp3) is 0.261. The van der Waals surface area contributed by atoms with Gasteiger partial charge < -0.3 is 0 Å². The second kappa shape index (κ2) is 8.10. The molecule has 0 bridgehead atoms. The SMILES string of the molecule is Cc1ccc(Cc2cccc3c2CCN(S(C)(=O)=O)C3)cc1-c1ncc(Cl)cc1F. The quantitative estimate of drug-likeness (QED) is 0.583. The molecular weight excluding hydrogens is 423 g/mol. The van der Waals surface area contributed by atoms with Crippen molar-refractivity contribution in [2.75, 3.05) is 12.8 Å². The number of aromatic nitrogens is 1. The number of pyridine rings is 1. The highest BCUT2D eigenvalue weighted by molar-refractivity contribution is 7.88. The van der Waals surface area contributed by atoms with E-state index in [4.69, 9.17) is 11.6 Å². The second-order valence-electron chi connectivity index (χ2n) is 7.71. The van der Waals surface area contributed by atoms with Gasteiger partial charge in [0.15, 0.2) is 5.82 Å². The van der Waals surface area contributed by atoms with Gasteiger partial charge in [-0.25, -0.2) is 12.8 Å². The van der Waals surface area contributed by atoms with Gasteiger partial charge in [0.2, 0.25) is 10.0 Å². The van der Waals surface area contributed by atoms with Gasteiger partial charge in [0.25, 0.3) is 0 Å². The Balaban J connectivity index is 1.67. The molecule has 0 fully saturated rings. The van der Waals surface area contributed by atoms with Crippen molar-refractivity contribution in [1.29, 1.82) is 0 Å². The highest BCUT2D eigenvalue weighted by Crippen LogP contribution is 2.30. The molecule has 0 spiro atoms. The van der Waals surface area contributed by atoms with Crippen molar-refractivity contribution in [3.63, 3.8) is 0 Å². The molecule has 0 aliphatic carbocycles. The number of aryl methyl sites for hydroxylation is 1. The van der Waals surface area contributed by atoms with Crippen LogP contribution >= 0.6 is 11.6 Å². The minimum absolute atomic E-state index is 0.268. The van der Waals surface area contributed by atoms with Crippen LogP contribution in [0.2, 0.25) is 5.02 Å². The summed E-state index contributed by atoms with van der Waals surface area (Å²) in [4.78, 5) is 4.19. The molecule has 0 radical (unpaired) electrons. The summed E-state index contributed by atoms with van der Waals surface area (Å²) in [5.41, 5.74) is 6.43. The number of sulfonamides is 1. The van der Waals surface area contributed by atoms with Crippen LogP contribution in [0.15, 0.2) is 48.7 Å². The summed E-state index contributed by atoms with van der Waals surface area (Å²) in [6.07, 6.45) is 4.07. The maximum atomic E-state index is 14.4. The molecule has 0 amide bonds. The van der Waals surface area contributed by atoms with Crippen LogP contribution in [-0.2, 0) is 29.4 Å². The van der Waals surface area contributed by atoms with Crippen molar-refractivity contribution >= 4 is 21.6 Å². The van der Waals surface area contributed by atoms with Crippen molar-refractivity contribution < 1.29 is 12.8 Å².